The van der Waals surface area contributed by atoms with Gasteiger partial charge in [0.05, 0.1) is 13.2 Å². The molecule has 82 valence electrons. The SMILES string of the molecule is Clc1cc(Cl)cc(OCC2OCCO2)c1. The van der Waals surface area contributed by atoms with E-state index in [1.807, 2.05) is 0 Å². The average molecular weight is 249 g/mol. The van der Waals surface area contributed by atoms with E-state index >= 15 is 0 Å². The highest BCUT2D eigenvalue weighted by molar-refractivity contribution is 6.34. The molecule has 1 saturated heterocycles. The lowest BCUT2D eigenvalue weighted by atomic mass is 10.3. The third-order valence-corrected chi connectivity index (χ3v) is 2.35. The topological polar surface area (TPSA) is 27.7 Å². The van der Waals surface area contributed by atoms with E-state index in [2.05, 4.69) is 0 Å². The first-order valence-corrected chi connectivity index (χ1v) is 5.32. The highest BCUT2D eigenvalue weighted by Gasteiger charge is 2.16. The summed E-state index contributed by atoms with van der Waals surface area (Å²) >= 11 is 11.6. The molecule has 0 atom stereocenters. The Kier molecular flexibility index (Phi) is 3.70. The van der Waals surface area contributed by atoms with Crippen LogP contribution in [-0.2, 0) is 9.47 Å². The summed E-state index contributed by atoms with van der Waals surface area (Å²) in [6.07, 6.45) is -0.289. The third kappa shape index (κ3) is 3.24. The predicted octanol–water partition coefficient (Wildman–Crippen LogP) is 2.75. The number of benzene rings is 1. The number of halogens is 2. The highest BCUT2D eigenvalue weighted by Crippen LogP contribution is 2.24. The van der Waals surface area contributed by atoms with Crippen molar-refractivity contribution in [2.75, 3.05) is 19.8 Å². The van der Waals surface area contributed by atoms with Crippen LogP contribution in [-0.4, -0.2) is 26.1 Å². The Hall–Kier alpha value is -0.480. The summed E-state index contributed by atoms with van der Waals surface area (Å²) < 4.78 is 15.9. The summed E-state index contributed by atoms with van der Waals surface area (Å²) in [6, 6.07) is 5.04. The van der Waals surface area contributed by atoms with Crippen LogP contribution in [0, 0.1) is 0 Å². The minimum absolute atomic E-state index is 0.289. The van der Waals surface area contributed by atoms with Crippen molar-refractivity contribution in [1.82, 2.24) is 0 Å². The number of hydrogen-bond donors (Lipinski definition) is 0. The molecule has 0 N–H and O–H groups in total. The van der Waals surface area contributed by atoms with E-state index in [4.69, 9.17) is 37.4 Å². The van der Waals surface area contributed by atoms with Crippen LogP contribution in [0.4, 0.5) is 0 Å². The molecule has 1 aromatic rings. The van der Waals surface area contributed by atoms with E-state index in [0.717, 1.165) is 0 Å². The first kappa shape index (κ1) is 11.0. The van der Waals surface area contributed by atoms with Crippen LogP contribution in [0.3, 0.4) is 0 Å². The van der Waals surface area contributed by atoms with Gasteiger partial charge >= 0.3 is 0 Å². The maximum Gasteiger partial charge on any atom is 0.191 e. The lowest BCUT2D eigenvalue weighted by Gasteiger charge is -2.11. The summed E-state index contributed by atoms with van der Waals surface area (Å²) in [4.78, 5) is 0. The fraction of sp³-hybridized carbons (Fsp3) is 0.400. The van der Waals surface area contributed by atoms with E-state index in [1.165, 1.54) is 0 Å². The molecule has 3 nitrogen and oxygen atoms in total. The largest absolute Gasteiger partial charge is 0.488 e. The van der Waals surface area contributed by atoms with E-state index in [9.17, 15) is 0 Å². The van der Waals surface area contributed by atoms with Crippen LogP contribution in [0.2, 0.25) is 10.0 Å². The van der Waals surface area contributed by atoms with Crippen molar-refractivity contribution in [3.05, 3.63) is 28.2 Å². The maximum atomic E-state index is 5.82. The van der Waals surface area contributed by atoms with E-state index < -0.39 is 0 Å². The van der Waals surface area contributed by atoms with Crippen LogP contribution in [0.1, 0.15) is 0 Å². The van der Waals surface area contributed by atoms with Crippen molar-refractivity contribution < 1.29 is 14.2 Å². The summed E-state index contributed by atoms with van der Waals surface area (Å²) in [5, 5.41) is 1.09. The molecule has 1 fully saturated rings. The second-order valence-corrected chi connectivity index (χ2v) is 3.96. The molecule has 1 heterocycles. The molecule has 0 bridgehead atoms. The van der Waals surface area contributed by atoms with Crippen molar-refractivity contribution in [1.29, 1.82) is 0 Å². The highest BCUT2D eigenvalue weighted by atomic mass is 35.5. The molecule has 0 unspecified atom stereocenters. The lowest BCUT2D eigenvalue weighted by Crippen LogP contribution is -2.18. The van der Waals surface area contributed by atoms with Crippen molar-refractivity contribution in [3.63, 3.8) is 0 Å². The molecule has 1 aliphatic heterocycles. The maximum absolute atomic E-state index is 5.82. The zero-order valence-corrected chi connectivity index (χ0v) is 9.42. The number of rotatable bonds is 3. The van der Waals surface area contributed by atoms with Crippen molar-refractivity contribution in [3.8, 4) is 5.75 Å². The molecule has 0 saturated carbocycles. The second-order valence-electron chi connectivity index (χ2n) is 3.09. The zero-order chi connectivity index (χ0) is 10.7. The molecule has 0 amide bonds. The second kappa shape index (κ2) is 5.03. The van der Waals surface area contributed by atoms with Gasteiger partial charge in [-0.25, -0.2) is 0 Å². The molecule has 0 aromatic heterocycles. The van der Waals surface area contributed by atoms with Crippen molar-refractivity contribution in [2.24, 2.45) is 0 Å². The lowest BCUT2D eigenvalue weighted by molar-refractivity contribution is -0.0684. The fourth-order valence-corrected chi connectivity index (χ4v) is 1.79. The standard InChI is InChI=1S/C10H10Cl2O3/c11-7-3-8(12)5-9(4-7)15-6-10-13-1-2-14-10/h3-5,10H,1-2,6H2. The van der Waals surface area contributed by atoms with Gasteiger partial charge in [-0.15, -0.1) is 0 Å². The minimum atomic E-state index is -0.289. The Balaban J connectivity index is 1.92. The molecule has 15 heavy (non-hydrogen) atoms. The third-order valence-electron chi connectivity index (χ3n) is 1.91. The first-order valence-electron chi connectivity index (χ1n) is 4.56. The molecule has 1 aromatic carbocycles. The van der Waals surface area contributed by atoms with Gasteiger partial charge in [0.25, 0.3) is 0 Å². The molecule has 2 rings (SSSR count). The van der Waals surface area contributed by atoms with Gasteiger partial charge in [0, 0.05) is 10.0 Å². The van der Waals surface area contributed by atoms with Crippen LogP contribution in [0.15, 0.2) is 18.2 Å². The molecular weight excluding hydrogens is 239 g/mol. The molecular formula is C10H10Cl2O3. The van der Waals surface area contributed by atoms with Gasteiger partial charge in [-0.3, -0.25) is 0 Å². The average Bonchev–Trinajstić information content (AvgIpc) is 2.65. The molecule has 0 spiro atoms. The summed E-state index contributed by atoms with van der Waals surface area (Å²) in [5.41, 5.74) is 0. The van der Waals surface area contributed by atoms with Gasteiger partial charge in [-0.1, -0.05) is 23.2 Å². The normalized spacial score (nSPS) is 16.9. The number of hydrogen-bond acceptors (Lipinski definition) is 3. The monoisotopic (exact) mass is 248 g/mol. The van der Waals surface area contributed by atoms with E-state index in [0.29, 0.717) is 35.6 Å². The summed E-state index contributed by atoms with van der Waals surface area (Å²) in [7, 11) is 0. The van der Waals surface area contributed by atoms with Crippen LogP contribution in [0.5, 0.6) is 5.75 Å². The predicted molar refractivity (Wildman–Crippen MR) is 57.6 cm³/mol. The van der Waals surface area contributed by atoms with Gasteiger partial charge in [0.2, 0.25) is 0 Å². The smallest absolute Gasteiger partial charge is 0.191 e. The van der Waals surface area contributed by atoms with E-state index in [1.54, 1.807) is 18.2 Å². The Morgan fingerprint density at radius 1 is 1.13 bits per heavy atom. The first-order chi connectivity index (χ1) is 7.24. The van der Waals surface area contributed by atoms with Gasteiger partial charge in [-0.05, 0) is 18.2 Å². The van der Waals surface area contributed by atoms with Gasteiger partial charge in [0.15, 0.2) is 6.29 Å². The Morgan fingerprint density at radius 3 is 2.33 bits per heavy atom. The molecule has 1 aliphatic rings. The molecule has 0 aliphatic carbocycles. The van der Waals surface area contributed by atoms with Crippen LogP contribution < -0.4 is 4.74 Å². The molecule has 0 radical (unpaired) electrons. The van der Waals surface area contributed by atoms with Crippen LogP contribution in [0.25, 0.3) is 0 Å². The Morgan fingerprint density at radius 2 is 1.73 bits per heavy atom. The fourth-order valence-electron chi connectivity index (χ4n) is 1.28. The summed E-state index contributed by atoms with van der Waals surface area (Å²) in [5.74, 6) is 0.617. The van der Waals surface area contributed by atoms with Gasteiger partial charge in [-0.2, -0.15) is 0 Å². The quantitative estimate of drug-likeness (QED) is 0.824. The number of ether oxygens (including phenoxy) is 3. The van der Waals surface area contributed by atoms with Crippen molar-refractivity contribution in [2.45, 2.75) is 6.29 Å². The van der Waals surface area contributed by atoms with Crippen molar-refractivity contribution >= 4 is 23.2 Å². The zero-order valence-electron chi connectivity index (χ0n) is 7.91. The Labute approximate surface area is 97.8 Å². The van der Waals surface area contributed by atoms with Gasteiger partial charge in [0.1, 0.15) is 12.4 Å². The van der Waals surface area contributed by atoms with Crippen LogP contribution >= 0.6 is 23.2 Å². The Bertz CT molecular complexity index is 317. The van der Waals surface area contributed by atoms with Gasteiger partial charge < -0.3 is 14.2 Å². The summed E-state index contributed by atoms with van der Waals surface area (Å²) in [6.45, 7) is 1.57. The minimum Gasteiger partial charge on any atom is -0.488 e. The van der Waals surface area contributed by atoms with E-state index in [-0.39, 0.29) is 6.29 Å². The molecule has 5 heteroatoms.